The van der Waals surface area contributed by atoms with Crippen molar-refractivity contribution in [1.29, 1.82) is 0 Å². The van der Waals surface area contributed by atoms with Gasteiger partial charge < -0.3 is 0 Å². The van der Waals surface area contributed by atoms with Crippen LogP contribution in [0.5, 0.6) is 0 Å². The molecule has 0 aliphatic carbocycles. The van der Waals surface area contributed by atoms with Crippen LogP contribution in [0.4, 0.5) is 0 Å². The van der Waals surface area contributed by atoms with Gasteiger partial charge in [0.1, 0.15) is 5.92 Å². The molecule has 1 heterocycles. The van der Waals surface area contributed by atoms with E-state index in [1.54, 1.807) is 0 Å². The molecule has 0 aromatic heterocycles. The van der Waals surface area contributed by atoms with Crippen LogP contribution in [0.2, 0.25) is 0 Å². The summed E-state index contributed by atoms with van der Waals surface area (Å²) in [5, 5.41) is 0. The van der Waals surface area contributed by atoms with Crippen molar-refractivity contribution in [1.82, 2.24) is 4.90 Å². The standard InChI is InChI=1S/C10H15NO3/c1-3-4-5-6-11-9(13)7(2)8(12)10(11)14/h7H,3-6H2,1-2H3. The van der Waals surface area contributed by atoms with Gasteiger partial charge >= 0.3 is 0 Å². The first-order valence-electron chi connectivity index (χ1n) is 4.99. The molecule has 0 radical (unpaired) electrons. The first-order valence-corrected chi connectivity index (χ1v) is 4.99. The van der Waals surface area contributed by atoms with Crippen molar-refractivity contribution in [3.63, 3.8) is 0 Å². The van der Waals surface area contributed by atoms with Crippen molar-refractivity contribution in [3.05, 3.63) is 0 Å². The second-order valence-electron chi connectivity index (χ2n) is 3.59. The third-order valence-corrected chi connectivity index (χ3v) is 2.47. The monoisotopic (exact) mass is 197 g/mol. The Morgan fingerprint density at radius 1 is 1.21 bits per heavy atom. The lowest BCUT2D eigenvalue weighted by Gasteiger charge is -2.12. The molecule has 78 valence electrons. The first kappa shape index (κ1) is 10.9. The van der Waals surface area contributed by atoms with E-state index < -0.39 is 17.6 Å². The molecular weight excluding hydrogens is 182 g/mol. The molecule has 4 nitrogen and oxygen atoms in total. The molecule has 1 aliphatic rings. The van der Waals surface area contributed by atoms with Crippen molar-refractivity contribution in [2.75, 3.05) is 6.54 Å². The molecule has 0 bridgehead atoms. The highest BCUT2D eigenvalue weighted by Gasteiger charge is 2.43. The van der Waals surface area contributed by atoms with Gasteiger partial charge in [-0.2, -0.15) is 0 Å². The van der Waals surface area contributed by atoms with E-state index in [0.29, 0.717) is 6.54 Å². The first-order chi connectivity index (χ1) is 6.59. The van der Waals surface area contributed by atoms with E-state index in [0.717, 1.165) is 24.2 Å². The molecule has 1 atom stereocenters. The zero-order valence-corrected chi connectivity index (χ0v) is 8.58. The van der Waals surface area contributed by atoms with Crippen LogP contribution >= 0.6 is 0 Å². The van der Waals surface area contributed by atoms with Crippen LogP contribution in [0.25, 0.3) is 0 Å². The maximum absolute atomic E-state index is 11.4. The van der Waals surface area contributed by atoms with Gasteiger partial charge in [0.05, 0.1) is 0 Å². The number of imide groups is 1. The Bertz CT molecular complexity index is 273. The van der Waals surface area contributed by atoms with E-state index in [4.69, 9.17) is 0 Å². The number of likely N-dealkylation sites (tertiary alicyclic amines) is 1. The number of amides is 2. The molecule has 1 rings (SSSR count). The van der Waals surface area contributed by atoms with Gasteiger partial charge in [-0.05, 0) is 13.3 Å². The zero-order chi connectivity index (χ0) is 10.7. The van der Waals surface area contributed by atoms with Crippen molar-refractivity contribution >= 4 is 17.6 Å². The van der Waals surface area contributed by atoms with Crippen molar-refractivity contribution in [2.45, 2.75) is 33.1 Å². The molecule has 0 N–H and O–H groups in total. The Balaban J connectivity index is 2.57. The second kappa shape index (κ2) is 4.35. The van der Waals surface area contributed by atoms with E-state index >= 15 is 0 Å². The topological polar surface area (TPSA) is 54.5 Å². The average Bonchev–Trinajstić information content (AvgIpc) is 2.35. The van der Waals surface area contributed by atoms with Crippen LogP contribution in [-0.4, -0.2) is 29.0 Å². The Kier molecular flexibility index (Phi) is 3.38. The van der Waals surface area contributed by atoms with Gasteiger partial charge in [-0.15, -0.1) is 0 Å². The predicted octanol–water partition coefficient (Wildman–Crippen LogP) is 0.751. The third kappa shape index (κ3) is 1.84. The van der Waals surface area contributed by atoms with E-state index in [1.165, 1.54) is 6.92 Å². The summed E-state index contributed by atoms with van der Waals surface area (Å²) in [6.45, 7) is 3.92. The predicted molar refractivity (Wildman–Crippen MR) is 50.4 cm³/mol. The number of hydrogen-bond acceptors (Lipinski definition) is 3. The van der Waals surface area contributed by atoms with E-state index in [2.05, 4.69) is 0 Å². The summed E-state index contributed by atoms with van der Waals surface area (Å²) in [5.41, 5.74) is 0. The number of carbonyl (C=O) groups is 3. The van der Waals surface area contributed by atoms with Gasteiger partial charge in [-0.3, -0.25) is 19.3 Å². The number of ketones is 1. The smallest absolute Gasteiger partial charge is 0.288 e. The molecule has 1 aliphatic heterocycles. The highest BCUT2D eigenvalue weighted by Crippen LogP contribution is 2.16. The number of nitrogens with zero attached hydrogens (tertiary/aromatic N) is 1. The Morgan fingerprint density at radius 3 is 2.29 bits per heavy atom. The van der Waals surface area contributed by atoms with Gasteiger partial charge in [-0.25, -0.2) is 0 Å². The van der Waals surface area contributed by atoms with Crippen molar-refractivity contribution in [2.24, 2.45) is 5.92 Å². The minimum atomic E-state index is -0.760. The summed E-state index contributed by atoms with van der Waals surface area (Å²) < 4.78 is 0. The molecular formula is C10H15NO3. The molecule has 0 saturated carbocycles. The summed E-state index contributed by atoms with van der Waals surface area (Å²) >= 11 is 0. The Morgan fingerprint density at radius 2 is 1.86 bits per heavy atom. The summed E-state index contributed by atoms with van der Waals surface area (Å²) in [4.78, 5) is 34.9. The molecule has 0 aromatic carbocycles. The lowest BCUT2D eigenvalue weighted by atomic mass is 10.1. The van der Waals surface area contributed by atoms with E-state index in [1.807, 2.05) is 6.92 Å². The second-order valence-corrected chi connectivity index (χ2v) is 3.59. The van der Waals surface area contributed by atoms with Crippen molar-refractivity contribution < 1.29 is 14.4 Å². The van der Waals surface area contributed by atoms with Crippen LogP contribution in [-0.2, 0) is 14.4 Å². The maximum Gasteiger partial charge on any atom is 0.297 e. The molecule has 1 unspecified atom stereocenters. The van der Waals surface area contributed by atoms with E-state index in [9.17, 15) is 14.4 Å². The zero-order valence-electron chi connectivity index (χ0n) is 8.58. The minimum Gasteiger partial charge on any atom is -0.288 e. The third-order valence-electron chi connectivity index (χ3n) is 2.47. The highest BCUT2D eigenvalue weighted by molar-refractivity contribution is 6.47. The number of Topliss-reactive ketones (excluding diaryl/α,β-unsaturated/α-hetero) is 1. The highest BCUT2D eigenvalue weighted by atomic mass is 16.2. The van der Waals surface area contributed by atoms with Gasteiger partial charge in [0.25, 0.3) is 5.91 Å². The van der Waals surface area contributed by atoms with Gasteiger partial charge in [0.2, 0.25) is 11.7 Å². The molecule has 1 saturated heterocycles. The van der Waals surface area contributed by atoms with Crippen LogP contribution in [0, 0.1) is 5.92 Å². The fourth-order valence-corrected chi connectivity index (χ4v) is 1.50. The minimum absolute atomic E-state index is 0.337. The number of rotatable bonds is 4. The largest absolute Gasteiger partial charge is 0.297 e. The quantitative estimate of drug-likeness (QED) is 0.289. The van der Waals surface area contributed by atoms with Crippen LogP contribution in [0.3, 0.4) is 0 Å². The fraction of sp³-hybridized carbons (Fsp3) is 0.700. The molecule has 0 aromatic rings. The fourth-order valence-electron chi connectivity index (χ4n) is 1.50. The molecule has 4 heteroatoms. The van der Waals surface area contributed by atoms with Crippen molar-refractivity contribution in [3.8, 4) is 0 Å². The molecule has 14 heavy (non-hydrogen) atoms. The maximum atomic E-state index is 11.4. The lowest BCUT2D eigenvalue weighted by Crippen LogP contribution is -2.32. The van der Waals surface area contributed by atoms with Gasteiger partial charge in [-0.1, -0.05) is 19.8 Å². The molecule has 2 amide bonds. The lowest BCUT2D eigenvalue weighted by molar-refractivity contribution is -0.143. The number of carbonyl (C=O) groups excluding carboxylic acids is 3. The SMILES string of the molecule is CCCCCN1C(=O)C(=O)C(C)C1=O. The summed E-state index contributed by atoms with van der Waals surface area (Å²) in [6.07, 6.45) is 2.79. The molecule has 0 spiro atoms. The summed E-state index contributed by atoms with van der Waals surface area (Å²) in [6, 6.07) is 0. The number of unbranched alkanes of at least 4 members (excludes halogenated alkanes) is 2. The summed E-state index contributed by atoms with van der Waals surface area (Å²) in [5.74, 6) is -2.29. The Hall–Kier alpha value is -1.19. The normalized spacial score (nSPS) is 22.3. The van der Waals surface area contributed by atoms with E-state index in [-0.39, 0.29) is 5.91 Å². The van der Waals surface area contributed by atoms with Crippen LogP contribution < -0.4 is 0 Å². The summed E-state index contributed by atoms with van der Waals surface area (Å²) in [7, 11) is 0. The van der Waals surface area contributed by atoms with Gasteiger partial charge in [0, 0.05) is 6.54 Å². The van der Waals surface area contributed by atoms with Crippen LogP contribution in [0.15, 0.2) is 0 Å². The number of hydrogen-bond donors (Lipinski definition) is 0. The average molecular weight is 197 g/mol. The van der Waals surface area contributed by atoms with Gasteiger partial charge in [0.15, 0.2) is 0 Å². The van der Waals surface area contributed by atoms with Crippen LogP contribution in [0.1, 0.15) is 33.1 Å². The Labute approximate surface area is 83.3 Å². The molecule has 1 fully saturated rings.